The van der Waals surface area contributed by atoms with E-state index in [1.165, 1.54) is 11.3 Å². The van der Waals surface area contributed by atoms with Crippen LogP contribution in [0.25, 0.3) is 28.0 Å². The predicted octanol–water partition coefficient (Wildman–Crippen LogP) is 4.29. The number of hydrogen-bond donors (Lipinski definition) is 3. The second-order valence-electron chi connectivity index (χ2n) is 8.49. The highest BCUT2D eigenvalue weighted by molar-refractivity contribution is 7.18. The lowest BCUT2D eigenvalue weighted by molar-refractivity contribution is 0.126. The minimum atomic E-state index is -0.222. The van der Waals surface area contributed by atoms with Gasteiger partial charge in [0.25, 0.3) is 5.89 Å². The van der Waals surface area contributed by atoms with Crippen LogP contribution in [0.1, 0.15) is 25.7 Å². The zero-order chi connectivity index (χ0) is 24.3. The van der Waals surface area contributed by atoms with Crippen molar-refractivity contribution >= 4 is 28.2 Å². The average molecular weight is 502 g/mol. The van der Waals surface area contributed by atoms with Gasteiger partial charge < -0.3 is 20.2 Å². The summed E-state index contributed by atoms with van der Waals surface area (Å²) in [5, 5.41) is 25.5. The molecule has 5 aromatic rings. The van der Waals surface area contributed by atoms with E-state index in [1.54, 1.807) is 18.7 Å². The van der Waals surface area contributed by atoms with E-state index in [0.717, 1.165) is 36.1 Å². The second-order valence-corrected chi connectivity index (χ2v) is 9.52. The van der Waals surface area contributed by atoms with Crippen LogP contribution in [0.4, 0.5) is 16.9 Å². The van der Waals surface area contributed by atoms with Gasteiger partial charge in [-0.3, -0.25) is 4.57 Å². The van der Waals surface area contributed by atoms with Gasteiger partial charge in [-0.1, -0.05) is 29.5 Å². The van der Waals surface area contributed by atoms with Gasteiger partial charge in [-0.25, -0.2) is 9.97 Å². The molecule has 11 nitrogen and oxygen atoms in total. The summed E-state index contributed by atoms with van der Waals surface area (Å²) in [6.45, 7) is 0. The van der Waals surface area contributed by atoms with Crippen molar-refractivity contribution in [3.8, 4) is 28.0 Å². The third-order valence-corrected chi connectivity index (χ3v) is 6.81. The van der Waals surface area contributed by atoms with Crippen molar-refractivity contribution < 1.29 is 9.52 Å². The summed E-state index contributed by atoms with van der Waals surface area (Å²) in [4.78, 5) is 18.7. The summed E-state index contributed by atoms with van der Waals surface area (Å²) in [5.41, 5.74) is 0.861. The van der Waals surface area contributed by atoms with E-state index in [0.29, 0.717) is 34.5 Å². The molecule has 0 unspecified atom stereocenters. The van der Waals surface area contributed by atoms with Crippen LogP contribution >= 0.6 is 11.3 Å². The van der Waals surface area contributed by atoms with Crippen LogP contribution < -0.4 is 10.6 Å². The summed E-state index contributed by atoms with van der Waals surface area (Å²) in [6, 6.07) is 11.7. The van der Waals surface area contributed by atoms with Crippen molar-refractivity contribution in [3.63, 3.8) is 0 Å². The van der Waals surface area contributed by atoms with Crippen LogP contribution in [0.15, 0.2) is 65.7 Å². The molecule has 6 rings (SSSR count). The number of hydrogen-bond acceptors (Lipinski definition) is 11. The maximum absolute atomic E-state index is 9.81. The number of aromatic nitrogens is 7. The zero-order valence-electron chi connectivity index (χ0n) is 19.2. The number of nitrogens with one attached hydrogen (secondary N) is 2. The van der Waals surface area contributed by atoms with Crippen LogP contribution in [0, 0.1) is 0 Å². The van der Waals surface area contributed by atoms with Gasteiger partial charge in [-0.05, 0) is 37.8 Å². The van der Waals surface area contributed by atoms with Crippen molar-refractivity contribution in [2.24, 2.45) is 0 Å². The number of anilines is 3. The van der Waals surface area contributed by atoms with Crippen molar-refractivity contribution in [3.05, 3.63) is 61.3 Å². The van der Waals surface area contributed by atoms with Gasteiger partial charge in [-0.15, -0.1) is 10.2 Å². The molecule has 12 heteroatoms. The van der Waals surface area contributed by atoms with Gasteiger partial charge in [0.05, 0.1) is 12.3 Å². The van der Waals surface area contributed by atoms with Gasteiger partial charge in [0.1, 0.15) is 22.8 Å². The minimum absolute atomic E-state index is 0.210. The Kier molecular flexibility index (Phi) is 6.10. The number of rotatable bonds is 7. The molecule has 1 aromatic carbocycles. The van der Waals surface area contributed by atoms with Gasteiger partial charge in [0.15, 0.2) is 5.13 Å². The summed E-state index contributed by atoms with van der Waals surface area (Å²) >= 11 is 1.39. The molecule has 0 saturated heterocycles. The molecule has 0 atom stereocenters. The molecule has 0 radical (unpaired) electrons. The van der Waals surface area contributed by atoms with E-state index in [1.807, 2.05) is 47.2 Å². The van der Waals surface area contributed by atoms with E-state index < -0.39 is 0 Å². The van der Waals surface area contributed by atoms with Gasteiger partial charge in [0, 0.05) is 30.1 Å². The zero-order valence-corrected chi connectivity index (χ0v) is 20.0. The number of aliphatic hydroxyl groups is 1. The van der Waals surface area contributed by atoms with E-state index in [9.17, 15) is 5.11 Å². The standard InChI is InChI=1S/C24H23N9O2S/c34-17-8-6-16(7-9-17)27-23-28-19(12-20(30-23)33-11-10-25-14-33)29-24-26-13-18(36-24)22-32-31-21(35-22)15-4-2-1-3-5-15/h1-5,10-14,16-17,34H,6-9H2,(H2,26,27,28,29,30). The number of benzene rings is 1. The van der Waals surface area contributed by atoms with Crippen molar-refractivity contribution in [1.82, 2.24) is 34.7 Å². The van der Waals surface area contributed by atoms with Crippen LogP contribution in [-0.2, 0) is 0 Å². The van der Waals surface area contributed by atoms with Crippen molar-refractivity contribution in [1.29, 1.82) is 0 Å². The second kappa shape index (κ2) is 9.84. The Morgan fingerprint density at radius 3 is 2.67 bits per heavy atom. The Hall–Kier alpha value is -4.16. The van der Waals surface area contributed by atoms with Crippen molar-refractivity contribution in [2.45, 2.75) is 37.8 Å². The highest BCUT2D eigenvalue weighted by Crippen LogP contribution is 2.32. The number of aliphatic hydroxyl groups excluding tert-OH is 1. The smallest absolute Gasteiger partial charge is 0.259 e. The minimum Gasteiger partial charge on any atom is -0.415 e. The molecule has 36 heavy (non-hydrogen) atoms. The third-order valence-electron chi connectivity index (χ3n) is 5.91. The molecule has 4 aromatic heterocycles. The quantitative estimate of drug-likeness (QED) is 0.296. The van der Waals surface area contributed by atoms with E-state index in [-0.39, 0.29) is 12.1 Å². The maximum Gasteiger partial charge on any atom is 0.259 e. The summed E-state index contributed by atoms with van der Waals surface area (Å²) in [7, 11) is 0. The topological polar surface area (TPSA) is 140 Å². The van der Waals surface area contributed by atoms with Crippen LogP contribution in [0.5, 0.6) is 0 Å². The lowest BCUT2D eigenvalue weighted by atomic mass is 9.93. The highest BCUT2D eigenvalue weighted by atomic mass is 32.1. The first-order valence-corrected chi connectivity index (χ1v) is 12.5. The highest BCUT2D eigenvalue weighted by Gasteiger charge is 2.21. The first-order valence-electron chi connectivity index (χ1n) is 11.6. The molecule has 3 N–H and O–H groups in total. The fraction of sp³-hybridized carbons (Fsp3) is 0.250. The summed E-state index contributed by atoms with van der Waals surface area (Å²) in [6.07, 6.45) is 9.97. The lowest BCUT2D eigenvalue weighted by Crippen LogP contribution is -2.29. The first-order chi connectivity index (χ1) is 17.7. The predicted molar refractivity (Wildman–Crippen MR) is 135 cm³/mol. The molecule has 182 valence electrons. The molecule has 1 fully saturated rings. The van der Waals surface area contributed by atoms with Gasteiger partial charge in [-0.2, -0.15) is 9.97 Å². The van der Waals surface area contributed by atoms with Crippen LogP contribution in [-0.4, -0.2) is 52.0 Å². The van der Waals surface area contributed by atoms with Crippen LogP contribution in [0.2, 0.25) is 0 Å². The summed E-state index contributed by atoms with van der Waals surface area (Å²) < 4.78 is 7.67. The average Bonchev–Trinajstić information content (AvgIpc) is 3.68. The van der Waals surface area contributed by atoms with Crippen molar-refractivity contribution in [2.75, 3.05) is 10.6 Å². The molecule has 0 amide bonds. The lowest BCUT2D eigenvalue weighted by Gasteiger charge is -2.26. The molecule has 0 aliphatic heterocycles. The normalized spacial score (nSPS) is 17.7. The largest absolute Gasteiger partial charge is 0.415 e. The third kappa shape index (κ3) is 4.95. The molecule has 0 bridgehead atoms. The van der Waals surface area contributed by atoms with E-state index in [4.69, 9.17) is 4.42 Å². The molecular formula is C24H23N9O2S. The Morgan fingerprint density at radius 2 is 1.86 bits per heavy atom. The molecule has 1 aliphatic carbocycles. The molecule has 4 heterocycles. The van der Waals surface area contributed by atoms with Gasteiger partial charge >= 0.3 is 0 Å². The number of nitrogens with zero attached hydrogens (tertiary/aromatic N) is 7. The SMILES string of the molecule is OC1CCC(Nc2nc(Nc3ncc(-c4nnc(-c5ccccc5)o4)s3)cc(-n3ccnc3)n2)CC1. The van der Waals surface area contributed by atoms with Crippen LogP contribution in [0.3, 0.4) is 0 Å². The Balaban J connectivity index is 1.23. The summed E-state index contributed by atoms with van der Waals surface area (Å²) in [5.74, 6) is 2.63. The monoisotopic (exact) mass is 501 g/mol. The molecule has 1 saturated carbocycles. The fourth-order valence-electron chi connectivity index (χ4n) is 4.05. The number of thiazole rings is 1. The molecule has 1 aliphatic rings. The van der Waals surface area contributed by atoms with E-state index in [2.05, 4.69) is 40.8 Å². The van der Waals surface area contributed by atoms with Gasteiger partial charge in [0.2, 0.25) is 11.8 Å². The molecular weight excluding hydrogens is 478 g/mol. The van der Waals surface area contributed by atoms with E-state index >= 15 is 0 Å². The fourth-order valence-corrected chi connectivity index (χ4v) is 4.80. The Labute approximate surface area is 210 Å². The number of imidazole rings is 1. The molecule has 0 spiro atoms. The first kappa shape index (κ1) is 22.3. The Bertz CT molecular complexity index is 1430. The Morgan fingerprint density at radius 1 is 1.03 bits per heavy atom. The maximum atomic E-state index is 9.81.